The first kappa shape index (κ1) is 14.0. The van der Waals surface area contributed by atoms with Crippen LogP contribution in [0.1, 0.15) is 37.2 Å². The van der Waals surface area contributed by atoms with Gasteiger partial charge in [0.1, 0.15) is 0 Å². The highest BCUT2D eigenvalue weighted by Crippen LogP contribution is 2.41. The fourth-order valence-electron chi connectivity index (χ4n) is 2.78. The Hall–Kier alpha value is -0.930. The first-order valence-electron chi connectivity index (χ1n) is 7.49. The molecule has 0 unspecified atom stereocenters. The van der Waals surface area contributed by atoms with Gasteiger partial charge in [0.15, 0.2) is 11.5 Å². The van der Waals surface area contributed by atoms with Crippen LogP contribution in [-0.2, 0) is 0 Å². The fourth-order valence-corrected chi connectivity index (χ4v) is 3.07. The number of halogens is 1. The van der Waals surface area contributed by atoms with E-state index in [2.05, 4.69) is 11.4 Å². The zero-order valence-corrected chi connectivity index (χ0v) is 12.7. The Morgan fingerprint density at radius 2 is 1.95 bits per heavy atom. The lowest BCUT2D eigenvalue weighted by Gasteiger charge is -2.24. The van der Waals surface area contributed by atoms with Gasteiger partial charge in [-0.15, -0.1) is 0 Å². The van der Waals surface area contributed by atoms with Crippen LogP contribution in [0.3, 0.4) is 0 Å². The maximum absolute atomic E-state index is 6.36. The van der Waals surface area contributed by atoms with Crippen LogP contribution in [-0.4, -0.2) is 26.8 Å². The van der Waals surface area contributed by atoms with Crippen LogP contribution in [0.5, 0.6) is 11.5 Å². The minimum Gasteiger partial charge on any atom is -0.491 e. The van der Waals surface area contributed by atoms with Gasteiger partial charge in [-0.05, 0) is 68.3 Å². The molecule has 1 aromatic rings. The normalized spacial score (nSPS) is 19.9. The lowest BCUT2D eigenvalue weighted by molar-refractivity contribution is 0.280. The molecule has 0 amide bonds. The molecule has 1 N–H and O–H groups in total. The summed E-state index contributed by atoms with van der Waals surface area (Å²) in [5, 5.41) is 4.06. The van der Waals surface area contributed by atoms with Gasteiger partial charge >= 0.3 is 0 Å². The van der Waals surface area contributed by atoms with Crippen LogP contribution in [0.25, 0.3) is 0 Å². The third-order valence-corrected chi connectivity index (χ3v) is 4.50. The van der Waals surface area contributed by atoms with Crippen molar-refractivity contribution in [3.63, 3.8) is 0 Å². The number of nitrogens with one attached hydrogen (secondary N) is 1. The van der Waals surface area contributed by atoms with Gasteiger partial charge in [0.2, 0.25) is 0 Å². The molecule has 0 bridgehead atoms. The summed E-state index contributed by atoms with van der Waals surface area (Å²) >= 11 is 6.36. The zero-order chi connectivity index (χ0) is 13.9. The quantitative estimate of drug-likeness (QED) is 0.900. The van der Waals surface area contributed by atoms with E-state index in [4.69, 9.17) is 21.1 Å². The van der Waals surface area contributed by atoms with Crippen LogP contribution in [0.15, 0.2) is 12.1 Å². The van der Waals surface area contributed by atoms with Gasteiger partial charge in [-0.3, -0.25) is 0 Å². The first-order chi connectivity index (χ1) is 9.78. The lowest BCUT2D eigenvalue weighted by atomic mass is 9.90. The predicted molar refractivity (Wildman–Crippen MR) is 81.1 cm³/mol. The third-order valence-electron chi connectivity index (χ3n) is 4.22. The standard InChI is InChI=1S/C16H22ClNO2/c1-19-16-14(17)8-13(12-4-6-18-7-5-12)9-15(16)20-10-11-2-3-11/h8-9,11-12,18H,2-7,10H2,1H3. The lowest BCUT2D eigenvalue weighted by Crippen LogP contribution is -2.26. The molecule has 1 saturated heterocycles. The second kappa shape index (κ2) is 6.23. The van der Waals surface area contributed by atoms with Gasteiger partial charge in [-0.1, -0.05) is 11.6 Å². The Morgan fingerprint density at radius 1 is 1.20 bits per heavy atom. The van der Waals surface area contributed by atoms with Crippen LogP contribution < -0.4 is 14.8 Å². The van der Waals surface area contributed by atoms with Gasteiger partial charge in [-0.25, -0.2) is 0 Å². The average molecular weight is 296 g/mol. The molecule has 0 atom stereocenters. The van der Waals surface area contributed by atoms with E-state index in [1.54, 1.807) is 7.11 Å². The Balaban J connectivity index is 1.82. The number of hydrogen-bond donors (Lipinski definition) is 1. The molecule has 20 heavy (non-hydrogen) atoms. The van der Waals surface area contributed by atoms with Crippen molar-refractivity contribution in [2.45, 2.75) is 31.6 Å². The SMILES string of the molecule is COc1c(Cl)cc(C2CCNCC2)cc1OCC1CC1. The number of hydrogen-bond acceptors (Lipinski definition) is 3. The number of piperidine rings is 1. The minimum absolute atomic E-state index is 0.572. The maximum Gasteiger partial charge on any atom is 0.179 e. The molecule has 1 aromatic carbocycles. The molecule has 110 valence electrons. The number of methoxy groups -OCH3 is 1. The van der Waals surface area contributed by atoms with Gasteiger partial charge in [0.25, 0.3) is 0 Å². The molecule has 2 aliphatic rings. The van der Waals surface area contributed by atoms with Crippen molar-refractivity contribution < 1.29 is 9.47 Å². The van der Waals surface area contributed by atoms with E-state index in [-0.39, 0.29) is 0 Å². The molecule has 1 aliphatic heterocycles. The summed E-state index contributed by atoms with van der Waals surface area (Å²) in [7, 11) is 1.65. The van der Waals surface area contributed by atoms with E-state index in [1.807, 2.05) is 6.07 Å². The highest BCUT2D eigenvalue weighted by molar-refractivity contribution is 6.32. The monoisotopic (exact) mass is 295 g/mol. The van der Waals surface area contributed by atoms with Gasteiger partial charge in [0, 0.05) is 0 Å². The molecule has 0 aromatic heterocycles. The third kappa shape index (κ3) is 3.21. The summed E-state index contributed by atoms with van der Waals surface area (Å²) in [6.07, 6.45) is 4.88. The number of benzene rings is 1. The van der Waals surface area contributed by atoms with Gasteiger partial charge < -0.3 is 14.8 Å². The van der Waals surface area contributed by atoms with Gasteiger partial charge in [-0.2, -0.15) is 0 Å². The van der Waals surface area contributed by atoms with E-state index < -0.39 is 0 Å². The van der Waals surface area contributed by atoms with Crippen molar-refractivity contribution in [3.05, 3.63) is 22.7 Å². The molecule has 1 aliphatic carbocycles. The second-order valence-corrected chi connectivity index (χ2v) is 6.22. The number of ether oxygens (including phenoxy) is 2. The highest BCUT2D eigenvalue weighted by atomic mass is 35.5. The van der Waals surface area contributed by atoms with Crippen molar-refractivity contribution in [1.29, 1.82) is 0 Å². The van der Waals surface area contributed by atoms with Crippen LogP contribution >= 0.6 is 11.6 Å². The highest BCUT2D eigenvalue weighted by Gasteiger charge is 2.24. The maximum atomic E-state index is 6.36. The molecule has 2 fully saturated rings. The topological polar surface area (TPSA) is 30.5 Å². The summed E-state index contributed by atoms with van der Waals surface area (Å²) in [4.78, 5) is 0. The van der Waals surface area contributed by atoms with Crippen molar-refractivity contribution in [2.24, 2.45) is 5.92 Å². The Bertz CT molecular complexity index is 468. The summed E-state index contributed by atoms with van der Waals surface area (Å²) < 4.78 is 11.3. The van der Waals surface area contributed by atoms with Crippen molar-refractivity contribution >= 4 is 11.6 Å². The van der Waals surface area contributed by atoms with E-state index in [9.17, 15) is 0 Å². The Morgan fingerprint density at radius 3 is 2.60 bits per heavy atom. The molecule has 3 rings (SSSR count). The molecular formula is C16H22ClNO2. The average Bonchev–Trinajstić information content (AvgIpc) is 3.30. The first-order valence-corrected chi connectivity index (χ1v) is 7.86. The van der Waals surface area contributed by atoms with Crippen molar-refractivity contribution in [1.82, 2.24) is 5.32 Å². The molecule has 0 spiro atoms. The van der Waals surface area contributed by atoms with Crippen molar-refractivity contribution in [3.8, 4) is 11.5 Å². The van der Waals surface area contributed by atoms with Gasteiger partial charge in [0.05, 0.1) is 18.7 Å². The van der Waals surface area contributed by atoms with Crippen LogP contribution in [0.2, 0.25) is 5.02 Å². The van der Waals surface area contributed by atoms with E-state index in [1.165, 1.54) is 18.4 Å². The number of rotatable bonds is 5. The van der Waals surface area contributed by atoms with Crippen LogP contribution in [0, 0.1) is 5.92 Å². The molecule has 1 heterocycles. The Labute approximate surface area is 125 Å². The minimum atomic E-state index is 0.572. The zero-order valence-electron chi connectivity index (χ0n) is 12.0. The summed E-state index contributed by atoms with van der Waals surface area (Å²) in [5.74, 6) is 2.77. The smallest absolute Gasteiger partial charge is 0.179 e. The summed E-state index contributed by atoms with van der Waals surface area (Å²) in [5.41, 5.74) is 1.28. The molecule has 1 saturated carbocycles. The second-order valence-electron chi connectivity index (χ2n) is 5.81. The van der Waals surface area contributed by atoms with E-state index in [0.717, 1.165) is 44.2 Å². The van der Waals surface area contributed by atoms with E-state index in [0.29, 0.717) is 16.7 Å². The summed E-state index contributed by atoms with van der Waals surface area (Å²) in [6, 6.07) is 4.17. The largest absolute Gasteiger partial charge is 0.491 e. The van der Waals surface area contributed by atoms with E-state index >= 15 is 0 Å². The fraction of sp³-hybridized carbons (Fsp3) is 0.625. The predicted octanol–water partition coefficient (Wildman–Crippen LogP) is 3.60. The van der Waals surface area contributed by atoms with Crippen molar-refractivity contribution in [2.75, 3.05) is 26.8 Å². The molecule has 4 heteroatoms. The summed E-state index contributed by atoms with van der Waals surface area (Å²) in [6.45, 7) is 2.93. The Kier molecular flexibility index (Phi) is 4.37. The molecule has 0 radical (unpaired) electrons. The molecule has 3 nitrogen and oxygen atoms in total. The molecular weight excluding hydrogens is 274 g/mol. The van der Waals surface area contributed by atoms with Crippen LogP contribution in [0.4, 0.5) is 0 Å².